The smallest absolute Gasteiger partial charge is 0.228 e. The molecule has 1 aliphatic carbocycles. The van der Waals surface area contributed by atoms with Crippen LogP contribution < -0.4 is 10.6 Å². The molecule has 0 radical (unpaired) electrons. The van der Waals surface area contributed by atoms with Gasteiger partial charge in [-0.05, 0) is 31.1 Å². The molecule has 30 heavy (non-hydrogen) atoms. The van der Waals surface area contributed by atoms with Crippen molar-refractivity contribution < 1.29 is 13.7 Å². The lowest BCUT2D eigenvalue weighted by Crippen LogP contribution is -2.17. The van der Waals surface area contributed by atoms with Gasteiger partial charge in [0.25, 0.3) is 0 Å². The highest BCUT2D eigenvalue weighted by Crippen LogP contribution is 2.29. The minimum Gasteiger partial charge on any atom is -0.379 e. The number of nitrogens with zero attached hydrogens (tertiary/aromatic N) is 3. The largest absolute Gasteiger partial charge is 0.379 e. The number of aromatic nitrogens is 3. The topological polar surface area (TPSA) is 117 Å². The first-order valence-corrected chi connectivity index (χ1v) is 9.43. The Morgan fingerprint density at radius 2 is 2.10 bits per heavy atom. The average Bonchev–Trinajstić information content (AvgIpc) is 3.47. The van der Waals surface area contributed by atoms with Gasteiger partial charge in [-0.1, -0.05) is 23.4 Å². The van der Waals surface area contributed by atoms with Crippen LogP contribution in [-0.4, -0.2) is 26.7 Å². The fraction of sp³-hybridized carbons (Fsp3) is 0.190. The molecule has 2 heterocycles. The number of carbonyl (C=O) groups is 1. The lowest BCUT2D eigenvalue weighted by atomic mass is 10.2. The van der Waals surface area contributed by atoms with Crippen LogP contribution in [-0.2, 0) is 11.3 Å². The number of carbonyl (C=O) groups excluding carboxylic acids is 1. The van der Waals surface area contributed by atoms with Crippen LogP contribution >= 0.6 is 0 Å². The number of hydrogen-bond acceptors (Lipinski definition) is 7. The quantitative estimate of drug-likeness (QED) is 0.495. The monoisotopic (exact) mass is 406 g/mol. The van der Waals surface area contributed by atoms with Crippen molar-refractivity contribution >= 4 is 23.1 Å². The SMILES string of the molecule is N=C(/C=C(\NCc1ccccc1F)c1ccon1)c1nccc(NC(=O)C2CC2)n1. The second-order valence-electron chi connectivity index (χ2n) is 6.83. The molecule has 1 aliphatic rings. The van der Waals surface area contributed by atoms with E-state index in [9.17, 15) is 9.18 Å². The van der Waals surface area contributed by atoms with Crippen LogP contribution in [0.5, 0.6) is 0 Å². The van der Waals surface area contributed by atoms with Gasteiger partial charge < -0.3 is 15.2 Å². The lowest BCUT2D eigenvalue weighted by Gasteiger charge is -2.10. The molecule has 1 amide bonds. The Kier molecular flexibility index (Phi) is 5.60. The van der Waals surface area contributed by atoms with Crippen molar-refractivity contribution in [1.29, 1.82) is 5.41 Å². The van der Waals surface area contributed by atoms with Crippen LogP contribution in [0.25, 0.3) is 5.70 Å². The zero-order valence-electron chi connectivity index (χ0n) is 15.9. The van der Waals surface area contributed by atoms with Gasteiger partial charge in [-0.25, -0.2) is 14.4 Å². The molecule has 1 fully saturated rings. The lowest BCUT2D eigenvalue weighted by molar-refractivity contribution is -0.117. The molecule has 3 N–H and O–H groups in total. The van der Waals surface area contributed by atoms with Crippen LogP contribution in [0.4, 0.5) is 10.2 Å². The van der Waals surface area contributed by atoms with Gasteiger partial charge in [-0.15, -0.1) is 0 Å². The van der Waals surface area contributed by atoms with E-state index in [1.54, 1.807) is 30.3 Å². The molecule has 152 valence electrons. The number of halogens is 1. The van der Waals surface area contributed by atoms with Crippen molar-refractivity contribution in [2.24, 2.45) is 5.92 Å². The number of benzene rings is 1. The summed E-state index contributed by atoms with van der Waals surface area (Å²) in [7, 11) is 0. The predicted molar refractivity (Wildman–Crippen MR) is 108 cm³/mol. The third-order valence-corrected chi connectivity index (χ3v) is 4.53. The zero-order chi connectivity index (χ0) is 20.9. The average molecular weight is 406 g/mol. The van der Waals surface area contributed by atoms with Crippen LogP contribution in [0.1, 0.15) is 29.9 Å². The van der Waals surface area contributed by atoms with E-state index in [1.807, 2.05) is 0 Å². The first-order chi connectivity index (χ1) is 14.6. The molecule has 1 saturated carbocycles. The summed E-state index contributed by atoms with van der Waals surface area (Å²) in [6.07, 6.45) is 6.15. The van der Waals surface area contributed by atoms with E-state index in [-0.39, 0.29) is 35.7 Å². The number of rotatable bonds is 8. The molecule has 0 atom stereocenters. The van der Waals surface area contributed by atoms with E-state index in [2.05, 4.69) is 25.8 Å². The molecule has 4 rings (SSSR count). The maximum atomic E-state index is 13.9. The van der Waals surface area contributed by atoms with Crippen molar-refractivity contribution in [2.45, 2.75) is 19.4 Å². The molecule has 8 nitrogen and oxygen atoms in total. The highest BCUT2D eigenvalue weighted by atomic mass is 19.1. The van der Waals surface area contributed by atoms with Gasteiger partial charge in [0.15, 0.2) is 5.82 Å². The Morgan fingerprint density at radius 1 is 1.27 bits per heavy atom. The maximum absolute atomic E-state index is 13.9. The molecule has 2 aromatic heterocycles. The summed E-state index contributed by atoms with van der Waals surface area (Å²) < 4.78 is 18.8. The zero-order valence-corrected chi connectivity index (χ0v) is 15.9. The standard InChI is InChI=1S/C21H19FN6O2/c22-15-4-2-1-3-14(15)12-25-18(17-8-10-30-28-17)11-16(23)20-24-9-7-19(26-20)27-21(29)13-5-6-13/h1-4,7-11,13,23,25H,5-6,12H2,(H,24,26,27,29)/b18-11-,23-16?. The molecule has 0 unspecified atom stereocenters. The Bertz CT molecular complexity index is 1090. The molecule has 0 bridgehead atoms. The number of nitrogens with one attached hydrogen (secondary N) is 3. The molecule has 9 heteroatoms. The van der Waals surface area contributed by atoms with Crippen molar-refractivity contribution in [3.05, 3.63) is 77.8 Å². The van der Waals surface area contributed by atoms with E-state index in [0.29, 0.717) is 22.8 Å². The Labute approximate surface area is 171 Å². The van der Waals surface area contributed by atoms with Gasteiger partial charge in [-0.2, -0.15) is 0 Å². The fourth-order valence-electron chi connectivity index (χ4n) is 2.74. The number of allylic oxidation sites excluding steroid dienone is 1. The maximum Gasteiger partial charge on any atom is 0.228 e. The third kappa shape index (κ3) is 4.75. The minimum absolute atomic E-state index is 0.00319. The van der Waals surface area contributed by atoms with Gasteiger partial charge in [-0.3, -0.25) is 10.2 Å². The molecule has 0 spiro atoms. The number of amides is 1. The summed E-state index contributed by atoms with van der Waals surface area (Å²) in [6, 6.07) is 9.62. The van der Waals surface area contributed by atoms with Crippen LogP contribution in [0.3, 0.4) is 0 Å². The second-order valence-corrected chi connectivity index (χ2v) is 6.83. The molecule has 1 aromatic carbocycles. The molecule has 0 saturated heterocycles. The Balaban J connectivity index is 1.53. The van der Waals surface area contributed by atoms with Gasteiger partial charge in [0, 0.05) is 30.3 Å². The Hall–Kier alpha value is -3.88. The van der Waals surface area contributed by atoms with E-state index >= 15 is 0 Å². The van der Waals surface area contributed by atoms with Crippen LogP contribution in [0.15, 0.2) is 59.5 Å². The first-order valence-electron chi connectivity index (χ1n) is 9.43. The second kappa shape index (κ2) is 8.64. The first kappa shape index (κ1) is 19.4. The van der Waals surface area contributed by atoms with Crippen LogP contribution in [0, 0.1) is 17.1 Å². The number of anilines is 1. The summed E-state index contributed by atoms with van der Waals surface area (Å²) >= 11 is 0. The summed E-state index contributed by atoms with van der Waals surface area (Å²) in [5.41, 5.74) is 1.37. The summed E-state index contributed by atoms with van der Waals surface area (Å²) in [4.78, 5) is 20.3. The van der Waals surface area contributed by atoms with Gasteiger partial charge >= 0.3 is 0 Å². The van der Waals surface area contributed by atoms with Gasteiger partial charge in [0.2, 0.25) is 5.91 Å². The fourth-order valence-corrected chi connectivity index (χ4v) is 2.74. The molecule has 3 aromatic rings. The van der Waals surface area contributed by atoms with Crippen molar-refractivity contribution in [3.8, 4) is 0 Å². The number of hydrogen-bond donors (Lipinski definition) is 3. The van der Waals surface area contributed by atoms with E-state index < -0.39 is 0 Å². The van der Waals surface area contributed by atoms with Crippen molar-refractivity contribution in [3.63, 3.8) is 0 Å². The minimum atomic E-state index is -0.331. The molecule has 0 aliphatic heterocycles. The van der Waals surface area contributed by atoms with E-state index in [1.165, 1.54) is 24.6 Å². The van der Waals surface area contributed by atoms with Crippen molar-refractivity contribution in [1.82, 2.24) is 20.4 Å². The summed E-state index contributed by atoms with van der Waals surface area (Å²) in [6.45, 7) is 0.191. The molecular formula is C21H19FN6O2. The summed E-state index contributed by atoms with van der Waals surface area (Å²) in [5, 5.41) is 18.1. The van der Waals surface area contributed by atoms with Gasteiger partial charge in [0.1, 0.15) is 29.3 Å². The van der Waals surface area contributed by atoms with Crippen LogP contribution in [0.2, 0.25) is 0 Å². The third-order valence-electron chi connectivity index (χ3n) is 4.53. The highest BCUT2D eigenvalue weighted by Gasteiger charge is 2.29. The van der Waals surface area contributed by atoms with E-state index in [0.717, 1.165) is 12.8 Å². The molecular weight excluding hydrogens is 387 g/mol. The normalized spacial score (nSPS) is 13.7. The van der Waals surface area contributed by atoms with Crippen molar-refractivity contribution in [2.75, 3.05) is 5.32 Å². The highest BCUT2D eigenvalue weighted by molar-refractivity contribution is 6.08. The van der Waals surface area contributed by atoms with Gasteiger partial charge in [0.05, 0.1) is 5.70 Å². The Morgan fingerprint density at radius 3 is 2.83 bits per heavy atom. The predicted octanol–water partition coefficient (Wildman–Crippen LogP) is 3.15. The van der Waals surface area contributed by atoms with E-state index in [4.69, 9.17) is 9.93 Å². The summed E-state index contributed by atoms with van der Waals surface area (Å²) in [5.74, 6) is 0.123.